The molecule has 0 saturated heterocycles. The quantitative estimate of drug-likeness (QED) is 0.561. The van der Waals surface area contributed by atoms with E-state index in [4.69, 9.17) is 8.83 Å². The second-order valence-corrected chi connectivity index (χ2v) is 8.51. The van der Waals surface area contributed by atoms with E-state index in [-0.39, 0.29) is 24.2 Å². The van der Waals surface area contributed by atoms with Crippen LogP contribution in [0.3, 0.4) is 0 Å². The van der Waals surface area contributed by atoms with Gasteiger partial charge in [-0.25, -0.2) is 9.59 Å². The molecule has 2 atom stereocenters. The number of carboxylic acids is 1. The topological polar surface area (TPSA) is 127 Å². The highest BCUT2D eigenvalue weighted by Gasteiger charge is 2.22. The van der Waals surface area contributed by atoms with E-state index >= 15 is 0 Å². The molecule has 0 unspecified atom stereocenters. The fourth-order valence-electron chi connectivity index (χ4n) is 3.19. The molecular weight excluding hydrogens is 398 g/mol. The molecule has 1 aromatic carbocycles. The first-order valence-corrected chi connectivity index (χ1v) is 10.7. The van der Waals surface area contributed by atoms with Crippen molar-refractivity contribution in [1.82, 2.24) is 5.32 Å². The summed E-state index contributed by atoms with van der Waals surface area (Å²) in [5.41, 5.74) is 1.99. The van der Waals surface area contributed by atoms with Crippen LogP contribution in [0.1, 0.15) is 23.1 Å². The molecule has 29 heavy (non-hydrogen) atoms. The first-order valence-electron chi connectivity index (χ1n) is 8.93. The summed E-state index contributed by atoms with van der Waals surface area (Å²) in [4.78, 5) is 36.2. The molecule has 0 bridgehead atoms. The third kappa shape index (κ3) is 4.40. The van der Waals surface area contributed by atoms with Crippen molar-refractivity contribution < 1.29 is 27.7 Å². The third-order valence-electron chi connectivity index (χ3n) is 4.84. The molecule has 2 heterocycles. The lowest BCUT2D eigenvalue weighted by molar-refractivity contribution is -0.141. The van der Waals surface area contributed by atoms with Crippen LogP contribution in [0, 0.1) is 13.8 Å². The minimum atomic E-state index is -1.22. The second-order valence-electron chi connectivity index (χ2n) is 6.96. The first kappa shape index (κ1) is 20.8. The molecule has 2 N–H and O–H groups in total. The largest absolute Gasteiger partial charge is 0.480 e. The Morgan fingerprint density at radius 3 is 2.59 bits per heavy atom. The zero-order valence-electron chi connectivity index (χ0n) is 16.2. The highest BCUT2D eigenvalue weighted by molar-refractivity contribution is 7.84. The maximum absolute atomic E-state index is 12.4. The summed E-state index contributed by atoms with van der Waals surface area (Å²) in [6.45, 7) is 3.62. The van der Waals surface area contributed by atoms with Gasteiger partial charge in [-0.05, 0) is 37.5 Å². The Balaban J connectivity index is 1.90. The average Bonchev–Trinajstić information content (AvgIpc) is 3.00. The first-order chi connectivity index (χ1) is 13.7. The summed E-state index contributed by atoms with van der Waals surface area (Å²) in [7, 11) is -1.18. The van der Waals surface area contributed by atoms with Crippen molar-refractivity contribution in [3.8, 4) is 0 Å². The van der Waals surface area contributed by atoms with Gasteiger partial charge in [0, 0.05) is 39.6 Å². The number of carbonyl (C=O) groups is 2. The van der Waals surface area contributed by atoms with E-state index in [1.165, 1.54) is 6.26 Å². The van der Waals surface area contributed by atoms with Gasteiger partial charge < -0.3 is 19.3 Å². The van der Waals surface area contributed by atoms with Crippen molar-refractivity contribution >= 4 is 44.6 Å². The smallest absolute Gasteiger partial charge is 0.340 e. The van der Waals surface area contributed by atoms with Crippen LogP contribution in [0.5, 0.6) is 0 Å². The van der Waals surface area contributed by atoms with Gasteiger partial charge in [0.05, 0.1) is 18.2 Å². The van der Waals surface area contributed by atoms with E-state index in [0.717, 1.165) is 10.9 Å². The molecule has 0 aliphatic carbocycles. The van der Waals surface area contributed by atoms with Crippen LogP contribution in [0.25, 0.3) is 21.9 Å². The SMILES string of the molecule is Cc1coc2cc3oc(=O)c(CC(=O)N[C@H](CC[S@@](C)=O)C(=O)O)c(C)c3cc12. The second kappa shape index (κ2) is 8.20. The van der Waals surface area contributed by atoms with Crippen molar-refractivity contribution in [2.75, 3.05) is 12.0 Å². The van der Waals surface area contributed by atoms with Crippen LogP contribution >= 0.6 is 0 Å². The van der Waals surface area contributed by atoms with Crippen LogP contribution < -0.4 is 10.9 Å². The Morgan fingerprint density at radius 2 is 1.93 bits per heavy atom. The molecule has 154 valence electrons. The predicted octanol–water partition coefficient (Wildman–Crippen LogP) is 2.04. The zero-order chi connectivity index (χ0) is 21.3. The third-order valence-corrected chi connectivity index (χ3v) is 5.65. The minimum absolute atomic E-state index is 0.0350. The molecule has 2 aromatic heterocycles. The Morgan fingerprint density at radius 1 is 1.21 bits per heavy atom. The molecule has 0 radical (unpaired) electrons. The lowest BCUT2D eigenvalue weighted by Gasteiger charge is -2.14. The van der Waals surface area contributed by atoms with Crippen molar-refractivity contribution in [3.05, 3.63) is 45.5 Å². The molecule has 0 saturated carbocycles. The van der Waals surface area contributed by atoms with E-state index in [1.807, 2.05) is 13.0 Å². The predicted molar refractivity (Wildman–Crippen MR) is 109 cm³/mol. The fraction of sp³-hybridized carbons (Fsp3) is 0.350. The minimum Gasteiger partial charge on any atom is -0.480 e. The standard InChI is InChI=1S/C20H21NO7S/c1-10-9-27-16-8-17-13(6-12(10)16)11(2)14(20(25)28-17)7-18(22)21-15(19(23)24)4-5-29(3)26/h6,8-9,15H,4-5,7H2,1-3H3,(H,21,22)(H,23,24)/t15-,29-/m1/s1. The van der Waals surface area contributed by atoms with Crippen molar-refractivity contribution in [2.24, 2.45) is 0 Å². The van der Waals surface area contributed by atoms with E-state index in [1.54, 1.807) is 19.3 Å². The maximum Gasteiger partial charge on any atom is 0.340 e. The Hall–Kier alpha value is -2.94. The van der Waals surface area contributed by atoms with Gasteiger partial charge in [0.25, 0.3) is 0 Å². The summed E-state index contributed by atoms with van der Waals surface area (Å²) >= 11 is 0. The molecule has 8 nitrogen and oxygen atoms in total. The number of carbonyl (C=O) groups excluding carboxylic acids is 1. The number of nitrogens with one attached hydrogen (secondary N) is 1. The van der Waals surface area contributed by atoms with Crippen molar-refractivity contribution in [3.63, 3.8) is 0 Å². The Kier molecular flexibility index (Phi) is 5.88. The molecule has 9 heteroatoms. The van der Waals surface area contributed by atoms with Gasteiger partial charge >= 0.3 is 11.6 Å². The summed E-state index contributed by atoms with van der Waals surface area (Å²) in [5.74, 6) is -1.69. The number of rotatable bonds is 7. The molecule has 3 aromatic rings. The van der Waals surface area contributed by atoms with E-state index in [0.29, 0.717) is 22.1 Å². The Bertz CT molecular complexity index is 1190. The fourth-order valence-corrected chi connectivity index (χ4v) is 3.76. The number of carboxylic acid groups (broad SMARTS) is 1. The van der Waals surface area contributed by atoms with Gasteiger partial charge in [0.15, 0.2) is 0 Å². The molecule has 1 amide bonds. The van der Waals surface area contributed by atoms with E-state index in [9.17, 15) is 23.7 Å². The van der Waals surface area contributed by atoms with Crippen LogP contribution in [0.2, 0.25) is 0 Å². The normalized spacial score (nSPS) is 13.5. The number of furan rings is 1. The number of hydrogen-bond acceptors (Lipinski definition) is 6. The highest BCUT2D eigenvalue weighted by Crippen LogP contribution is 2.28. The molecule has 0 aliphatic rings. The molecule has 0 aliphatic heterocycles. The van der Waals surface area contributed by atoms with Crippen molar-refractivity contribution in [2.45, 2.75) is 32.7 Å². The van der Waals surface area contributed by atoms with E-state index < -0.39 is 34.3 Å². The zero-order valence-corrected chi connectivity index (χ0v) is 17.1. The number of aliphatic carboxylic acids is 1. The molecule has 0 fully saturated rings. The summed E-state index contributed by atoms with van der Waals surface area (Å²) in [6, 6.07) is 2.31. The molecule has 3 rings (SSSR count). The number of amides is 1. The lowest BCUT2D eigenvalue weighted by atomic mass is 10.0. The molecule has 0 spiro atoms. The van der Waals surface area contributed by atoms with Gasteiger partial charge in [-0.2, -0.15) is 0 Å². The van der Waals surface area contributed by atoms with Gasteiger partial charge in [0.2, 0.25) is 5.91 Å². The maximum atomic E-state index is 12.4. The summed E-state index contributed by atoms with van der Waals surface area (Å²) < 4.78 is 22.0. The number of aryl methyl sites for hydroxylation is 2. The van der Waals surface area contributed by atoms with Crippen LogP contribution in [-0.2, 0) is 26.8 Å². The molecular formula is C20H21NO7S. The van der Waals surface area contributed by atoms with E-state index in [2.05, 4.69) is 5.32 Å². The van der Waals surface area contributed by atoms with Crippen LogP contribution in [-0.4, -0.2) is 39.2 Å². The van der Waals surface area contributed by atoms with Gasteiger partial charge in [-0.15, -0.1) is 0 Å². The van der Waals surface area contributed by atoms with Gasteiger partial charge in [-0.1, -0.05) is 0 Å². The van der Waals surface area contributed by atoms with Gasteiger partial charge in [-0.3, -0.25) is 9.00 Å². The number of benzene rings is 1. The van der Waals surface area contributed by atoms with Gasteiger partial charge in [0.1, 0.15) is 17.2 Å². The monoisotopic (exact) mass is 419 g/mol. The highest BCUT2D eigenvalue weighted by atomic mass is 32.2. The lowest BCUT2D eigenvalue weighted by Crippen LogP contribution is -2.42. The van der Waals surface area contributed by atoms with Crippen LogP contribution in [0.4, 0.5) is 0 Å². The van der Waals surface area contributed by atoms with Crippen LogP contribution in [0.15, 0.2) is 32.0 Å². The number of fused-ring (bicyclic) bond motifs is 2. The number of hydrogen-bond donors (Lipinski definition) is 2. The Labute approximate surface area is 168 Å². The average molecular weight is 419 g/mol. The van der Waals surface area contributed by atoms with Crippen molar-refractivity contribution in [1.29, 1.82) is 0 Å². The summed E-state index contributed by atoms with van der Waals surface area (Å²) in [6.07, 6.45) is 2.79. The summed E-state index contributed by atoms with van der Waals surface area (Å²) in [5, 5.41) is 13.2.